The molecule has 7 nitrogen and oxygen atoms in total. The van der Waals surface area contributed by atoms with Gasteiger partial charge in [0.25, 0.3) is 0 Å². The fraction of sp³-hybridized carbons (Fsp3) is 0.286. The molecule has 0 aliphatic carbocycles. The number of hydrogen-bond acceptors (Lipinski definition) is 5. The maximum Gasteiger partial charge on any atom is 0.178 e. The first kappa shape index (κ1) is 13.3. The standard InChI is InChI=1S/C14H17N7/c1-2-6-20-9-12(8-18-20)7-17-13-4-3-5-16-14(13)21-11-15-10-19-21/h3-5,8-11,17H,2,6-7H2,1H3. The monoisotopic (exact) mass is 283 g/mol. The van der Waals surface area contributed by atoms with E-state index in [9.17, 15) is 0 Å². The number of hydrogen-bond donors (Lipinski definition) is 1. The summed E-state index contributed by atoms with van der Waals surface area (Å²) in [6.45, 7) is 3.77. The van der Waals surface area contributed by atoms with E-state index in [-0.39, 0.29) is 0 Å². The highest BCUT2D eigenvalue weighted by Gasteiger charge is 2.06. The zero-order valence-electron chi connectivity index (χ0n) is 11.8. The SMILES string of the molecule is CCCn1cc(CNc2cccnc2-n2cncn2)cn1. The normalized spacial score (nSPS) is 10.7. The average molecular weight is 283 g/mol. The van der Waals surface area contributed by atoms with Gasteiger partial charge in [0.1, 0.15) is 12.7 Å². The molecule has 0 amide bonds. The molecule has 0 spiro atoms. The number of rotatable bonds is 6. The summed E-state index contributed by atoms with van der Waals surface area (Å²) in [4.78, 5) is 8.30. The molecular weight excluding hydrogens is 266 g/mol. The summed E-state index contributed by atoms with van der Waals surface area (Å²) in [6.07, 6.45) is 9.88. The van der Waals surface area contributed by atoms with Crippen molar-refractivity contribution >= 4 is 5.69 Å². The van der Waals surface area contributed by atoms with Gasteiger partial charge in [0.2, 0.25) is 0 Å². The molecule has 0 saturated carbocycles. The van der Waals surface area contributed by atoms with Gasteiger partial charge in [-0.05, 0) is 18.6 Å². The van der Waals surface area contributed by atoms with Crippen LogP contribution >= 0.6 is 0 Å². The second-order valence-corrected chi connectivity index (χ2v) is 4.68. The molecule has 7 heteroatoms. The van der Waals surface area contributed by atoms with Crippen molar-refractivity contribution in [1.82, 2.24) is 29.5 Å². The van der Waals surface area contributed by atoms with Crippen LogP contribution in [-0.4, -0.2) is 29.5 Å². The van der Waals surface area contributed by atoms with E-state index in [1.165, 1.54) is 6.33 Å². The second-order valence-electron chi connectivity index (χ2n) is 4.68. The lowest BCUT2D eigenvalue weighted by Crippen LogP contribution is -2.06. The molecule has 0 radical (unpaired) electrons. The minimum atomic E-state index is 0.692. The zero-order valence-corrected chi connectivity index (χ0v) is 11.8. The highest BCUT2D eigenvalue weighted by atomic mass is 15.3. The van der Waals surface area contributed by atoms with Crippen molar-refractivity contribution < 1.29 is 0 Å². The van der Waals surface area contributed by atoms with E-state index < -0.39 is 0 Å². The molecule has 0 unspecified atom stereocenters. The molecular formula is C14H17N7. The molecule has 108 valence electrons. The van der Waals surface area contributed by atoms with Crippen molar-refractivity contribution in [2.45, 2.75) is 26.4 Å². The van der Waals surface area contributed by atoms with Crippen molar-refractivity contribution in [3.63, 3.8) is 0 Å². The largest absolute Gasteiger partial charge is 0.378 e. The van der Waals surface area contributed by atoms with E-state index in [0.717, 1.165) is 30.0 Å². The van der Waals surface area contributed by atoms with Crippen LogP contribution < -0.4 is 5.32 Å². The fourth-order valence-corrected chi connectivity index (χ4v) is 2.08. The van der Waals surface area contributed by atoms with Crippen molar-refractivity contribution in [2.24, 2.45) is 0 Å². The Morgan fingerprint density at radius 2 is 2.24 bits per heavy atom. The number of nitrogens with one attached hydrogen (secondary N) is 1. The lowest BCUT2D eigenvalue weighted by molar-refractivity contribution is 0.602. The summed E-state index contributed by atoms with van der Waals surface area (Å²) < 4.78 is 3.60. The van der Waals surface area contributed by atoms with Gasteiger partial charge in [-0.15, -0.1) is 0 Å². The van der Waals surface area contributed by atoms with Crippen molar-refractivity contribution in [1.29, 1.82) is 0 Å². The minimum absolute atomic E-state index is 0.692. The topological polar surface area (TPSA) is 73.5 Å². The van der Waals surface area contributed by atoms with Crippen LogP contribution in [0.3, 0.4) is 0 Å². The van der Waals surface area contributed by atoms with Gasteiger partial charge in [-0.1, -0.05) is 6.92 Å². The predicted molar refractivity (Wildman–Crippen MR) is 79.0 cm³/mol. The molecule has 3 rings (SSSR count). The molecule has 3 aromatic rings. The van der Waals surface area contributed by atoms with Crippen LogP contribution in [0.2, 0.25) is 0 Å². The maximum atomic E-state index is 4.35. The molecule has 0 aromatic carbocycles. The Hall–Kier alpha value is -2.70. The number of aromatic nitrogens is 6. The van der Waals surface area contributed by atoms with E-state index in [4.69, 9.17) is 0 Å². The first-order valence-electron chi connectivity index (χ1n) is 6.92. The Kier molecular flexibility index (Phi) is 3.90. The van der Waals surface area contributed by atoms with E-state index in [0.29, 0.717) is 6.54 Å². The number of nitrogens with zero attached hydrogens (tertiary/aromatic N) is 6. The molecule has 3 aromatic heterocycles. The van der Waals surface area contributed by atoms with Gasteiger partial charge in [0, 0.05) is 31.0 Å². The summed E-state index contributed by atoms with van der Waals surface area (Å²) >= 11 is 0. The lowest BCUT2D eigenvalue weighted by atomic mass is 10.3. The minimum Gasteiger partial charge on any atom is -0.378 e. The highest BCUT2D eigenvalue weighted by Crippen LogP contribution is 2.16. The number of aryl methyl sites for hydroxylation is 1. The number of anilines is 1. The van der Waals surface area contributed by atoms with Crippen LogP contribution in [-0.2, 0) is 13.1 Å². The quantitative estimate of drug-likeness (QED) is 0.747. The molecule has 3 heterocycles. The van der Waals surface area contributed by atoms with Gasteiger partial charge in [-0.2, -0.15) is 10.2 Å². The van der Waals surface area contributed by atoms with Crippen LogP contribution in [0, 0.1) is 0 Å². The molecule has 21 heavy (non-hydrogen) atoms. The van der Waals surface area contributed by atoms with Crippen LogP contribution in [0.25, 0.3) is 5.82 Å². The number of pyridine rings is 1. The predicted octanol–water partition coefficient (Wildman–Crippen LogP) is 1.88. The van der Waals surface area contributed by atoms with Gasteiger partial charge >= 0.3 is 0 Å². The Morgan fingerprint density at radius 3 is 3.05 bits per heavy atom. The first-order chi connectivity index (χ1) is 10.4. The molecule has 0 atom stereocenters. The molecule has 0 saturated heterocycles. The maximum absolute atomic E-state index is 4.35. The Bertz CT molecular complexity index is 687. The summed E-state index contributed by atoms with van der Waals surface area (Å²) in [6, 6.07) is 3.86. The molecule has 0 fully saturated rings. The van der Waals surface area contributed by atoms with E-state index in [1.807, 2.05) is 23.0 Å². The molecule has 1 N–H and O–H groups in total. The lowest BCUT2D eigenvalue weighted by Gasteiger charge is -2.09. The molecule has 0 bridgehead atoms. The van der Waals surface area contributed by atoms with E-state index in [2.05, 4.69) is 38.6 Å². The summed E-state index contributed by atoms with van der Waals surface area (Å²) in [5.74, 6) is 0.732. The van der Waals surface area contributed by atoms with Crippen molar-refractivity contribution in [2.75, 3.05) is 5.32 Å². The van der Waals surface area contributed by atoms with Gasteiger partial charge in [0.15, 0.2) is 5.82 Å². The molecule has 0 aliphatic heterocycles. The zero-order chi connectivity index (χ0) is 14.5. The van der Waals surface area contributed by atoms with E-state index in [1.54, 1.807) is 17.2 Å². The highest BCUT2D eigenvalue weighted by molar-refractivity contribution is 5.56. The third-order valence-corrected chi connectivity index (χ3v) is 3.04. The van der Waals surface area contributed by atoms with Gasteiger partial charge in [0.05, 0.1) is 11.9 Å². The van der Waals surface area contributed by atoms with Crippen LogP contribution in [0.4, 0.5) is 5.69 Å². The second kappa shape index (κ2) is 6.17. The smallest absolute Gasteiger partial charge is 0.178 e. The summed E-state index contributed by atoms with van der Waals surface area (Å²) in [7, 11) is 0. The summed E-state index contributed by atoms with van der Waals surface area (Å²) in [5.41, 5.74) is 2.04. The van der Waals surface area contributed by atoms with Gasteiger partial charge in [-0.25, -0.2) is 14.6 Å². The van der Waals surface area contributed by atoms with E-state index >= 15 is 0 Å². The molecule has 0 aliphatic rings. The Balaban J connectivity index is 1.73. The third-order valence-electron chi connectivity index (χ3n) is 3.04. The Labute approximate surface area is 122 Å². The summed E-state index contributed by atoms with van der Waals surface area (Å²) in [5, 5.41) is 11.8. The van der Waals surface area contributed by atoms with Crippen LogP contribution in [0.5, 0.6) is 0 Å². The average Bonchev–Trinajstić information content (AvgIpc) is 3.17. The van der Waals surface area contributed by atoms with Gasteiger partial charge in [-0.3, -0.25) is 4.68 Å². The van der Waals surface area contributed by atoms with Crippen molar-refractivity contribution in [3.05, 3.63) is 48.9 Å². The fourth-order valence-electron chi connectivity index (χ4n) is 2.08. The van der Waals surface area contributed by atoms with Crippen LogP contribution in [0.1, 0.15) is 18.9 Å². The van der Waals surface area contributed by atoms with Gasteiger partial charge < -0.3 is 5.32 Å². The Morgan fingerprint density at radius 1 is 1.29 bits per heavy atom. The van der Waals surface area contributed by atoms with Crippen molar-refractivity contribution in [3.8, 4) is 5.82 Å². The third kappa shape index (κ3) is 3.07. The van der Waals surface area contributed by atoms with Crippen LogP contribution in [0.15, 0.2) is 43.4 Å². The first-order valence-corrected chi connectivity index (χ1v) is 6.92.